The van der Waals surface area contributed by atoms with Crippen LogP contribution in [0.3, 0.4) is 0 Å². The van der Waals surface area contributed by atoms with Gasteiger partial charge in [-0.15, -0.1) is 5.10 Å². The molecule has 1 aromatic heterocycles. The number of rotatable bonds is 4. The SMILES string of the molecule is CCNC1CCOCC1Cc1cn(C)nn1. The lowest BCUT2D eigenvalue weighted by atomic mass is 9.91. The van der Waals surface area contributed by atoms with Gasteiger partial charge in [-0.25, -0.2) is 0 Å². The summed E-state index contributed by atoms with van der Waals surface area (Å²) in [7, 11) is 1.90. The van der Waals surface area contributed by atoms with Gasteiger partial charge in [-0.3, -0.25) is 4.68 Å². The number of hydrogen-bond donors (Lipinski definition) is 1. The summed E-state index contributed by atoms with van der Waals surface area (Å²) in [6, 6.07) is 0.556. The van der Waals surface area contributed by atoms with Crippen molar-refractivity contribution in [1.82, 2.24) is 20.3 Å². The molecule has 0 spiro atoms. The summed E-state index contributed by atoms with van der Waals surface area (Å²) < 4.78 is 7.29. The zero-order valence-corrected chi connectivity index (χ0v) is 10.0. The van der Waals surface area contributed by atoms with E-state index in [-0.39, 0.29) is 0 Å². The summed E-state index contributed by atoms with van der Waals surface area (Å²) >= 11 is 0. The molecule has 1 fully saturated rings. The third-order valence-corrected chi connectivity index (χ3v) is 3.06. The number of aromatic nitrogens is 3. The van der Waals surface area contributed by atoms with E-state index in [0.29, 0.717) is 12.0 Å². The van der Waals surface area contributed by atoms with E-state index in [1.165, 1.54) is 0 Å². The topological polar surface area (TPSA) is 52.0 Å². The van der Waals surface area contributed by atoms with Crippen molar-refractivity contribution in [3.63, 3.8) is 0 Å². The summed E-state index contributed by atoms with van der Waals surface area (Å²) in [6.45, 7) is 4.86. The summed E-state index contributed by atoms with van der Waals surface area (Å²) in [5, 5.41) is 11.6. The molecule has 16 heavy (non-hydrogen) atoms. The van der Waals surface area contributed by atoms with Gasteiger partial charge in [0, 0.05) is 31.8 Å². The molecule has 2 rings (SSSR count). The van der Waals surface area contributed by atoms with E-state index in [4.69, 9.17) is 4.74 Å². The zero-order valence-electron chi connectivity index (χ0n) is 10.0. The molecule has 2 atom stereocenters. The van der Waals surface area contributed by atoms with E-state index >= 15 is 0 Å². The van der Waals surface area contributed by atoms with Crippen molar-refractivity contribution < 1.29 is 4.74 Å². The van der Waals surface area contributed by atoms with Crippen molar-refractivity contribution in [2.75, 3.05) is 19.8 Å². The van der Waals surface area contributed by atoms with Crippen LogP contribution < -0.4 is 5.32 Å². The van der Waals surface area contributed by atoms with Crippen LogP contribution in [-0.4, -0.2) is 40.8 Å². The first-order valence-corrected chi connectivity index (χ1v) is 5.96. The number of aryl methyl sites for hydroxylation is 1. The lowest BCUT2D eigenvalue weighted by Crippen LogP contribution is -2.43. The van der Waals surface area contributed by atoms with Crippen molar-refractivity contribution in [3.05, 3.63) is 11.9 Å². The molecular formula is C11H20N4O. The highest BCUT2D eigenvalue weighted by Crippen LogP contribution is 2.18. The smallest absolute Gasteiger partial charge is 0.0831 e. The van der Waals surface area contributed by atoms with Crippen LogP contribution in [0.5, 0.6) is 0 Å². The lowest BCUT2D eigenvalue weighted by Gasteiger charge is -2.31. The first-order chi connectivity index (χ1) is 7.79. The molecule has 5 heteroatoms. The van der Waals surface area contributed by atoms with Crippen LogP contribution >= 0.6 is 0 Å². The second-order valence-electron chi connectivity index (χ2n) is 4.38. The van der Waals surface area contributed by atoms with Gasteiger partial charge in [0.05, 0.1) is 12.3 Å². The lowest BCUT2D eigenvalue weighted by molar-refractivity contribution is 0.0323. The molecular weight excluding hydrogens is 204 g/mol. The van der Waals surface area contributed by atoms with Crippen LogP contribution in [0.4, 0.5) is 0 Å². The molecule has 1 saturated heterocycles. The Morgan fingerprint density at radius 1 is 1.62 bits per heavy atom. The molecule has 1 aliphatic heterocycles. The zero-order chi connectivity index (χ0) is 11.4. The summed E-state index contributed by atoms with van der Waals surface area (Å²) in [5.74, 6) is 0.519. The Morgan fingerprint density at radius 2 is 2.50 bits per heavy atom. The minimum absolute atomic E-state index is 0.519. The Hall–Kier alpha value is -0.940. The van der Waals surface area contributed by atoms with Gasteiger partial charge in [0.25, 0.3) is 0 Å². The minimum atomic E-state index is 0.519. The average Bonchev–Trinajstić information content (AvgIpc) is 2.67. The molecule has 0 aliphatic carbocycles. The number of hydrogen-bond acceptors (Lipinski definition) is 4. The van der Waals surface area contributed by atoms with Gasteiger partial charge in [-0.2, -0.15) is 0 Å². The Labute approximate surface area is 96.2 Å². The van der Waals surface area contributed by atoms with E-state index < -0.39 is 0 Å². The van der Waals surface area contributed by atoms with Crippen LogP contribution in [0.2, 0.25) is 0 Å². The first kappa shape index (κ1) is 11.5. The number of nitrogens with zero attached hydrogens (tertiary/aromatic N) is 3. The van der Waals surface area contributed by atoms with Crippen LogP contribution in [0.1, 0.15) is 19.0 Å². The molecule has 0 radical (unpaired) electrons. The molecule has 1 N–H and O–H groups in total. The van der Waals surface area contributed by atoms with Crippen LogP contribution in [0, 0.1) is 5.92 Å². The minimum Gasteiger partial charge on any atom is -0.381 e. The van der Waals surface area contributed by atoms with Gasteiger partial charge < -0.3 is 10.1 Å². The fourth-order valence-corrected chi connectivity index (χ4v) is 2.29. The highest BCUT2D eigenvalue weighted by Gasteiger charge is 2.25. The third-order valence-electron chi connectivity index (χ3n) is 3.06. The van der Waals surface area contributed by atoms with Crippen LogP contribution in [0.25, 0.3) is 0 Å². The number of nitrogens with one attached hydrogen (secondary N) is 1. The van der Waals surface area contributed by atoms with E-state index in [1.54, 1.807) is 4.68 Å². The average molecular weight is 224 g/mol. The Morgan fingerprint density at radius 3 is 3.19 bits per heavy atom. The predicted molar refractivity (Wildman–Crippen MR) is 61.1 cm³/mol. The van der Waals surface area contributed by atoms with Gasteiger partial charge in [0.1, 0.15) is 0 Å². The number of ether oxygens (including phenoxy) is 1. The normalized spacial score (nSPS) is 25.9. The van der Waals surface area contributed by atoms with Crippen molar-refractivity contribution in [2.24, 2.45) is 13.0 Å². The van der Waals surface area contributed by atoms with Crippen molar-refractivity contribution in [3.8, 4) is 0 Å². The summed E-state index contributed by atoms with van der Waals surface area (Å²) in [4.78, 5) is 0. The van der Waals surface area contributed by atoms with Gasteiger partial charge in [0.15, 0.2) is 0 Å². The predicted octanol–water partition coefficient (Wildman–Crippen LogP) is 0.372. The van der Waals surface area contributed by atoms with Crippen molar-refractivity contribution in [1.29, 1.82) is 0 Å². The quantitative estimate of drug-likeness (QED) is 0.803. The van der Waals surface area contributed by atoms with E-state index in [9.17, 15) is 0 Å². The third kappa shape index (κ3) is 2.80. The van der Waals surface area contributed by atoms with E-state index in [2.05, 4.69) is 22.6 Å². The highest BCUT2D eigenvalue weighted by molar-refractivity contribution is 4.97. The van der Waals surface area contributed by atoms with E-state index in [1.807, 2.05) is 13.2 Å². The maximum atomic E-state index is 5.54. The maximum Gasteiger partial charge on any atom is 0.0831 e. The second-order valence-corrected chi connectivity index (χ2v) is 4.38. The molecule has 0 amide bonds. The van der Waals surface area contributed by atoms with E-state index in [0.717, 1.165) is 38.3 Å². The molecule has 1 aromatic rings. The fourth-order valence-electron chi connectivity index (χ4n) is 2.29. The molecule has 2 unspecified atom stereocenters. The monoisotopic (exact) mass is 224 g/mol. The first-order valence-electron chi connectivity index (χ1n) is 5.96. The largest absolute Gasteiger partial charge is 0.381 e. The molecule has 90 valence electrons. The van der Waals surface area contributed by atoms with Gasteiger partial charge in [-0.05, 0) is 19.4 Å². The molecule has 2 heterocycles. The fraction of sp³-hybridized carbons (Fsp3) is 0.818. The molecule has 0 bridgehead atoms. The Kier molecular flexibility index (Phi) is 3.90. The molecule has 0 aromatic carbocycles. The Balaban J connectivity index is 1.95. The van der Waals surface area contributed by atoms with Gasteiger partial charge in [0.2, 0.25) is 0 Å². The molecule has 0 saturated carbocycles. The molecule has 5 nitrogen and oxygen atoms in total. The standard InChI is InChI=1S/C11H20N4O/c1-3-12-11-4-5-16-8-9(11)6-10-7-15(2)14-13-10/h7,9,11-12H,3-6,8H2,1-2H3. The second kappa shape index (κ2) is 5.41. The highest BCUT2D eigenvalue weighted by atomic mass is 16.5. The summed E-state index contributed by atoms with van der Waals surface area (Å²) in [5.41, 5.74) is 1.06. The maximum absolute atomic E-state index is 5.54. The molecule has 1 aliphatic rings. The van der Waals surface area contributed by atoms with Crippen LogP contribution in [-0.2, 0) is 18.2 Å². The van der Waals surface area contributed by atoms with Crippen molar-refractivity contribution >= 4 is 0 Å². The van der Waals surface area contributed by atoms with Crippen molar-refractivity contribution in [2.45, 2.75) is 25.8 Å². The van der Waals surface area contributed by atoms with Gasteiger partial charge in [-0.1, -0.05) is 12.1 Å². The van der Waals surface area contributed by atoms with Crippen LogP contribution in [0.15, 0.2) is 6.20 Å². The van der Waals surface area contributed by atoms with Gasteiger partial charge >= 0.3 is 0 Å². The Bertz CT molecular complexity index is 324. The summed E-state index contributed by atoms with van der Waals surface area (Å²) in [6.07, 6.45) is 4.03.